The van der Waals surface area contributed by atoms with Gasteiger partial charge in [0.25, 0.3) is 0 Å². The summed E-state index contributed by atoms with van der Waals surface area (Å²) >= 11 is 5.81. The molecule has 0 spiro atoms. The number of ether oxygens (including phenoxy) is 2. The van der Waals surface area contributed by atoms with Crippen molar-refractivity contribution in [3.8, 4) is 11.5 Å². The number of halogens is 2. The maximum absolute atomic E-state index is 13.3. The van der Waals surface area contributed by atoms with Gasteiger partial charge >= 0.3 is 0 Å². The molecule has 0 bridgehead atoms. The highest BCUT2D eigenvalue weighted by Crippen LogP contribution is 2.35. The average Bonchev–Trinajstić information content (AvgIpc) is 2.15. The van der Waals surface area contributed by atoms with E-state index in [4.69, 9.17) is 21.1 Å². The van der Waals surface area contributed by atoms with E-state index in [1.165, 1.54) is 20.3 Å². The van der Waals surface area contributed by atoms with E-state index in [9.17, 15) is 4.39 Å². The van der Waals surface area contributed by atoms with Gasteiger partial charge in [0.15, 0.2) is 11.6 Å². The Balaban J connectivity index is 3.36. The summed E-state index contributed by atoms with van der Waals surface area (Å²) in [5.74, 6) is 0.101. The first kappa shape index (κ1) is 10.1. The number of methoxy groups -OCH3 is 2. The van der Waals surface area contributed by atoms with Gasteiger partial charge in [0.2, 0.25) is 0 Å². The summed E-state index contributed by atoms with van der Waals surface area (Å²) in [6, 6.07) is 1.42. The Morgan fingerprint density at radius 1 is 1.23 bits per heavy atom. The van der Waals surface area contributed by atoms with Gasteiger partial charge in [-0.2, -0.15) is 0 Å². The second-order valence-electron chi connectivity index (χ2n) is 2.53. The summed E-state index contributed by atoms with van der Waals surface area (Å²) in [6.45, 7) is 1.57. The van der Waals surface area contributed by atoms with Crippen molar-refractivity contribution in [2.45, 2.75) is 6.92 Å². The highest BCUT2D eigenvalue weighted by molar-refractivity contribution is 6.32. The summed E-state index contributed by atoms with van der Waals surface area (Å²) < 4.78 is 23.1. The first-order chi connectivity index (χ1) is 6.11. The maximum atomic E-state index is 13.3. The van der Waals surface area contributed by atoms with Crippen LogP contribution in [-0.2, 0) is 0 Å². The molecular formula is C9H10ClFO2. The lowest BCUT2D eigenvalue weighted by Gasteiger charge is -2.10. The van der Waals surface area contributed by atoms with Crippen LogP contribution < -0.4 is 9.47 Å². The lowest BCUT2D eigenvalue weighted by Crippen LogP contribution is -1.95. The molecule has 0 N–H and O–H groups in total. The molecule has 1 aromatic carbocycles. The molecule has 0 atom stereocenters. The molecule has 1 aromatic rings. The Labute approximate surface area is 81.2 Å². The molecule has 0 saturated heterocycles. The third-order valence-corrected chi connectivity index (χ3v) is 2.26. The number of rotatable bonds is 2. The molecule has 13 heavy (non-hydrogen) atoms. The van der Waals surface area contributed by atoms with Gasteiger partial charge in [0, 0.05) is 11.6 Å². The largest absolute Gasteiger partial charge is 0.495 e. The Hall–Kier alpha value is -0.960. The molecule has 2 nitrogen and oxygen atoms in total. The van der Waals surface area contributed by atoms with Crippen LogP contribution >= 0.6 is 11.6 Å². The molecule has 1 rings (SSSR count). The predicted octanol–water partition coefficient (Wildman–Crippen LogP) is 2.80. The molecule has 0 radical (unpaired) electrons. The molecule has 72 valence electrons. The van der Waals surface area contributed by atoms with E-state index in [0.29, 0.717) is 11.3 Å². The fourth-order valence-corrected chi connectivity index (χ4v) is 1.22. The zero-order valence-electron chi connectivity index (χ0n) is 7.65. The van der Waals surface area contributed by atoms with Crippen molar-refractivity contribution in [3.05, 3.63) is 22.5 Å². The Morgan fingerprint density at radius 3 is 2.23 bits per heavy atom. The monoisotopic (exact) mass is 204 g/mol. The molecule has 0 heterocycles. The zero-order valence-corrected chi connectivity index (χ0v) is 8.41. The van der Waals surface area contributed by atoms with Gasteiger partial charge in [-0.3, -0.25) is 0 Å². The fraction of sp³-hybridized carbons (Fsp3) is 0.333. The number of benzene rings is 1. The second kappa shape index (κ2) is 3.83. The summed E-state index contributed by atoms with van der Waals surface area (Å²) in [6.07, 6.45) is 0. The van der Waals surface area contributed by atoms with Gasteiger partial charge in [0.05, 0.1) is 19.2 Å². The predicted molar refractivity (Wildman–Crippen MR) is 49.3 cm³/mol. The molecular weight excluding hydrogens is 195 g/mol. The Bertz CT molecular complexity index is 298. The smallest absolute Gasteiger partial charge is 0.169 e. The minimum Gasteiger partial charge on any atom is -0.495 e. The van der Waals surface area contributed by atoms with Gasteiger partial charge in [-0.25, -0.2) is 4.39 Å². The average molecular weight is 205 g/mol. The van der Waals surface area contributed by atoms with Gasteiger partial charge in [-0.15, -0.1) is 0 Å². The molecule has 0 aromatic heterocycles. The van der Waals surface area contributed by atoms with Crippen LogP contribution in [-0.4, -0.2) is 14.2 Å². The standard InChI is InChI=1S/C9H10ClFO2/c1-5-8(10)6(12-2)4-7(13-3)9(5)11/h4H,1-3H3. The highest BCUT2D eigenvalue weighted by atomic mass is 35.5. The molecule has 0 amide bonds. The lowest BCUT2D eigenvalue weighted by molar-refractivity contribution is 0.372. The quantitative estimate of drug-likeness (QED) is 0.738. The van der Waals surface area contributed by atoms with Crippen LogP contribution in [0.5, 0.6) is 11.5 Å². The van der Waals surface area contributed by atoms with Crippen molar-refractivity contribution in [2.24, 2.45) is 0 Å². The van der Waals surface area contributed by atoms with Crippen LogP contribution in [0.4, 0.5) is 4.39 Å². The summed E-state index contributed by atoms with van der Waals surface area (Å²) in [5, 5.41) is 0.279. The maximum Gasteiger partial charge on any atom is 0.169 e. The topological polar surface area (TPSA) is 18.5 Å². The summed E-state index contributed by atoms with van der Waals surface area (Å²) in [5.41, 5.74) is 0.331. The SMILES string of the molecule is COc1cc(OC)c(Cl)c(C)c1F. The molecule has 4 heteroatoms. The van der Waals surface area contributed by atoms with Gasteiger partial charge in [-0.05, 0) is 6.92 Å². The van der Waals surface area contributed by atoms with E-state index in [1.807, 2.05) is 0 Å². The van der Waals surface area contributed by atoms with Crippen LogP contribution in [0.3, 0.4) is 0 Å². The first-order valence-corrected chi connectivity index (χ1v) is 4.06. The van der Waals surface area contributed by atoms with Crippen LogP contribution in [0.25, 0.3) is 0 Å². The molecule has 0 aliphatic carbocycles. The van der Waals surface area contributed by atoms with Crippen molar-refractivity contribution >= 4 is 11.6 Å². The van der Waals surface area contributed by atoms with Crippen LogP contribution in [0, 0.1) is 12.7 Å². The van der Waals surface area contributed by atoms with Gasteiger partial charge < -0.3 is 9.47 Å². The number of hydrogen-bond donors (Lipinski definition) is 0. The minimum atomic E-state index is -0.451. The Kier molecular flexibility index (Phi) is 2.98. The van der Waals surface area contributed by atoms with Crippen molar-refractivity contribution in [1.82, 2.24) is 0 Å². The number of hydrogen-bond acceptors (Lipinski definition) is 2. The van der Waals surface area contributed by atoms with Crippen molar-refractivity contribution in [3.63, 3.8) is 0 Å². The first-order valence-electron chi connectivity index (χ1n) is 3.68. The van der Waals surface area contributed by atoms with E-state index < -0.39 is 5.82 Å². The van der Waals surface area contributed by atoms with E-state index in [0.717, 1.165) is 0 Å². The van der Waals surface area contributed by atoms with Crippen LogP contribution in [0.1, 0.15) is 5.56 Å². The third kappa shape index (κ3) is 1.70. The third-order valence-electron chi connectivity index (χ3n) is 1.79. The normalized spacial score (nSPS) is 9.92. The second-order valence-corrected chi connectivity index (χ2v) is 2.91. The van der Waals surface area contributed by atoms with Crippen molar-refractivity contribution in [1.29, 1.82) is 0 Å². The molecule has 0 fully saturated rings. The van der Waals surface area contributed by atoms with Crippen molar-refractivity contribution in [2.75, 3.05) is 14.2 Å². The molecule has 0 saturated carbocycles. The zero-order chi connectivity index (χ0) is 10.0. The van der Waals surface area contributed by atoms with Crippen LogP contribution in [0.15, 0.2) is 6.07 Å². The molecule has 0 aliphatic rings. The minimum absolute atomic E-state index is 0.138. The van der Waals surface area contributed by atoms with E-state index in [2.05, 4.69) is 0 Å². The summed E-state index contributed by atoms with van der Waals surface area (Å²) in [4.78, 5) is 0. The van der Waals surface area contributed by atoms with Crippen LogP contribution in [0.2, 0.25) is 5.02 Å². The Morgan fingerprint density at radius 2 is 1.77 bits per heavy atom. The molecule has 0 unspecified atom stereocenters. The van der Waals surface area contributed by atoms with Crippen molar-refractivity contribution < 1.29 is 13.9 Å². The summed E-state index contributed by atoms with van der Waals surface area (Å²) in [7, 11) is 2.86. The van der Waals surface area contributed by atoms with E-state index in [-0.39, 0.29) is 10.8 Å². The lowest BCUT2D eigenvalue weighted by atomic mass is 10.2. The van der Waals surface area contributed by atoms with Gasteiger partial charge in [0.1, 0.15) is 5.75 Å². The fourth-order valence-electron chi connectivity index (χ4n) is 1.01. The van der Waals surface area contributed by atoms with E-state index >= 15 is 0 Å². The van der Waals surface area contributed by atoms with Gasteiger partial charge in [-0.1, -0.05) is 11.6 Å². The highest BCUT2D eigenvalue weighted by Gasteiger charge is 2.14. The molecule has 0 aliphatic heterocycles. The van der Waals surface area contributed by atoms with E-state index in [1.54, 1.807) is 6.92 Å².